The minimum atomic E-state index is -0.757. The Morgan fingerprint density at radius 3 is 2.69 bits per heavy atom. The van der Waals surface area contributed by atoms with E-state index in [0.717, 1.165) is 12.8 Å². The highest BCUT2D eigenvalue weighted by molar-refractivity contribution is 7.84. The highest BCUT2D eigenvalue weighted by Crippen LogP contribution is 1.87. The van der Waals surface area contributed by atoms with E-state index in [1.165, 1.54) is 0 Å². The van der Waals surface area contributed by atoms with Crippen LogP contribution in [0.1, 0.15) is 19.3 Å². The number of nitrogens with one attached hydrogen (secondary N) is 1. The minimum Gasteiger partial charge on any atom is -0.356 e. The number of rotatable bonds is 7. The zero-order valence-corrected chi connectivity index (χ0v) is 8.86. The van der Waals surface area contributed by atoms with Gasteiger partial charge in [0.25, 0.3) is 0 Å². The Kier molecular flexibility index (Phi) is 7.93. The molecule has 0 heterocycles. The van der Waals surface area contributed by atoms with Gasteiger partial charge < -0.3 is 11.1 Å². The number of carbonyl (C=O) groups is 1. The Morgan fingerprint density at radius 2 is 2.15 bits per heavy atom. The molecule has 0 aromatic carbocycles. The van der Waals surface area contributed by atoms with Crippen molar-refractivity contribution in [1.82, 2.24) is 5.32 Å². The van der Waals surface area contributed by atoms with E-state index in [1.807, 2.05) is 0 Å². The molecule has 0 aromatic rings. The van der Waals surface area contributed by atoms with Crippen LogP contribution in [-0.4, -0.2) is 35.2 Å². The van der Waals surface area contributed by atoms with Gasteiger partial charge >= 0.3 is 0 Å². The summed E-state index contributed by atoms with van der Waals surface area (Å²) in [5.74, 6) is 0.685. The van der Waals surface area contributed by atoms with Gasteiger partial charge in [0.05, 0.1) is 0 Å². The highest BCUT2D eigenvalue weighted by Gasteiger charge is 1.99. The molecule has 0 fully saturated rings. The molecule has 13 heavy (non-hydrogen) atoms. The average Bonchev–Trinajstić information content (AvgIpc) is 2.08. The molecule has 0 aromatic heterocycles. The molecule has 1 atom stereocenters. The van der Waals surface area contributed by atoms with Crippen molar-refractivity contribution in [3.05, 3.63) is 0 Å². The van der Waals surface area contributed by atoms with Gasteiger partial charge in [-0.3, -0.25) is 9.00 Å². The molecule has 0 saturated carbocycles. The lowest BCUT2D eigenvalue weighted by atomic mass is 10.3. The van der Waals surface area contributed by atoms with E-state index in [4.69, 9.17) is 5.73 Å². The summed E-state index contributed by atoms with van der Waals surface area (Å²) in [6.45, 7) is 1.16. The quantitative estimate of drug-likeness (QED) is 0.557. The Balaban J connectivity index is 3.22. The Hall–Kier alpha value is -0.420. The smallest absolute Gasteiger partial charge is 0.220 e. The van der Waals surface area contributed by atoms with Crippen LogP contribution >= 0.6 is 0 Å². The first kappa shape index (κ1) is 12.6. The van der Waals surface area contributed by atoms with Crippen molar-refractivity contribution in [2.75, 3.05) is 25.1 Å². The largest absolute Gasteiger partial charge is 0.356 e. The van der Waals surface area contributed by atoms with Crippen LogP contribution in [0.15, 0.2) is 0 Å². The van der Waals surface area contributed by atoms with Gasteiger partial charge in [-0.25, -0.2) is 0 Å². The molecule has 0 aliphatic heterocycles. The van der Waals surface area contributed by atoms with Gasteiger partial charge in [0.15, 0.2) is 0 Å². The molecule has 0 aliphatic carbocycles. The zero-order chi connectivity index (χ0) is 10.1. The van der Waals surface area contributed by atoms with Crippen molar-refractivity contribution in [2.45, 2.75) is 19.3 Å². The highest BCUT2D eigenvalue weighted by atomic mass is 32.2. The van der Waals surface area contributed by atoms with Gasteiger partial charge in [0, 0.05) is 35.8 Å². The summed E-state index contributed by atoms with van der Waals surface area (Å²) in [4.78, 5) is 11.0. The van der Waals surface area contributed by atoms with Crippen molar-refractivity contribution >= 4 is 16.7 Å². The lowest BCUT2D eigenvalue weighted by Crippen LogP contribution is -2.25. The summed E-state index contributed by atoms with van der Waals surface area (Å²) in [5, 5.41) is 2.74. The topological polar surface area (TPSA) is 72.2 Å². The molecule has 0 bridgehead atoms. The van der Waals surface area contributed by atoms with Crippen LogP contribution in [0.3, 0.4) is 0 Å². The third-order valence-electron chi connectivity index (χ3n) is 1.54. The van der Waals surface area contributed by atoms with Crippen LogP contribution in [0.2, 0.25) is 0 Å². The third kappa shape index (κ3) is 9.49. The van der Waals surface area contributed by atoms with Crippen LogP contribution in [0.4, 0.5) is 0 Å². The molecule has 78 valence electrons. The molecular formula is C8H18N2O2S. The molecule has 3 N–H and O–H groups in total. The maximum Gasteiger partial charge on any atom is 0.220 e. The van der Waals surface area contributed by atoms with Gasteiger partial charge in [-0.15, -0.1) is 0 Å². The Labute approximate surface area is 81.7 Å². The van der Waals surface area contributed by atoms with Crippen LogP contribution in [0.5, 0.6) is 0 Å². The monoisotopic (exact) mass is 206 g/mol. The van der Waals surface area contributed by atoms with Crippen molar-refractivity contribution < 1.29 is 9.00 Å². The average molecular weight is 206 g/mol. The molecule has 0 rings (SSSR count). The minimum absolute atomic E-state index is 0.0346. The molecule has 0 saturated heterocycles. The van der Waals surface area contributed by atoms with Gasteiger partial charge in [-0.2, -0.15) is 0 Å². The van der Waals surface area contributed by atoms with Gasteiger partial charge in [0.1, 0.15) is 0 Å². The number of hydrogen-bond donors (Lipinski definition) is 2. The fourth-order valence-corrected chi connectivity index (χ4v) is 1.41. The van der Waals surface area contributed by atoms with E-state index in [1.54, 1.807) is 6.26 Å². The van der Waals surface area contributed by atoms with Crippen LogP contribution < -0.4 is 11.1 Å². The van der Waals surface area contributed by atoms with Gasteiger partial charge in [-0.05, 0) is 19.4 Å². The maximum absolute atomic E-state index is 11.0. The van der Waals surface area contributed by atoms with E-state index < -0.39 is 10.8 Å². The summed E-state index contributed by atoms with van der Waals surface area (Å²) in [6.07, 6.45) is 3.66. The van der Waals surface area contributed by atoms with Crippen molar-refractivity contribution in [3.63, 3.8) is 0 Å². The predicted octanol–water partition coefficient (Wildman–Crippen LogP) is -0.390. The molecule has 5 heteroatoms. The first-order valence-corrected chi connectivity index (χ1v) is 6.16. The number of hydrogen-bond acceptors (Lipinski definition) is 3. The van der Waals surface area contributed by atoms with Gasteiger partial charge in [-0.1, -0.05) is 0 Å². The lowest BCUT2D eigenvalue weighted by molar-refractivity contribution is -0.121. The number of amides is 1. The van der Waals surface area contributed by atoms with Gasteiger partial charge in [0.2, 0.25) is 5.91 Å². The van der Waals surface area contributed by atoms with Crippen molar-refractivity contribution in [2.24, 2.45) is 5.73 Å². The first-order valence-electron chi connectivity index (χ1n) is 4.43. The summed E-state index contributed by atoms with van der Waals surface area (Å²) >= 11 is 0. The normalized spacial score (nSPS) is 12.5. The summed E-state index contributed by atoms with van der Waals surface area (Å²) in [6, 6.07) is 0. The Bertz CT molecular complexity index is 174. The third-order valence-corrected chi connectivity index (χ3v) is 2.40. The Morgan fingerprint density at radius 1 is 1.46 bits per heavy atom. The van der Waals surface area contributed by atoms with Crippen molar-refractivity contribution in [3.8, 4) is 0 Å². The van der Waals surface area contributed by atoms with E-state index in [2.05, 4.69) is 5.32 Å². The first-order chi connectivity index (χ1) is 6.16. The second-order valence-electron chi connectivity index (χ2n) is 2.87. The molecule has 0 radical (unpaired) electrons. The fraction of sp³-hybridized carbons (Fsp3) is 0.875. The van der Waals surface area contributed by atoms with Crippen LogP contribution in [0, 0.1) is 0 Å². The lowest BCUT2D eigenvalue weighted by Gasteiger charge is -2.02. The van der Waals surface area contributed by atoms with Crippen LogP contribution in [-0.2, 0) is 15.6 Å². The second kappa shape index (κ2) is 8.19. The van der Waals surface area contributed by atoms with Crippen LogP contribution in [0.25, 0.3) is 0 Å². The predicted molar refractivity (Wildman–Crippen MR) is 54.8 cm³/mol. The summed E-state index contributed by atoms with van der Waals surface area (Å²) in [5.41, 5.74) is 5.25. The maximum atomic E-state index is 11.0. The van der Waals surface area contributed by atoms with E-state index in [9.17, 15) is 9.00 Å². The summed E-state index contributed by atoms with van der Waals surface area (Å²) < 4.78 is 10.6. The summed E-state index contributed by atoms with van der Waals surface area (Å²) in [7, 11) is -0.757. The molecule has 4 nitrogen and oxygen atoms in total. The number of carbonyl (C=O) groups excluding carboxylic acids is 1. The molecule has 0 aliphatic rings. The van der Waals surface area contributed by atoms with E-state index in [0.29, 0.717) is 25.3 Å². The zero-order valence-electron chi connectivity index (χ0n) is 8.04. The fourth-order valence-electron chi connectivity index (χ4n) is 0.854. The number of nitrogens with two attached hydrogens (primary N) is 1. The molecular weight excluding hydrogens is 188 g/mol. The van der Waals surface area contributed by atoms with E-state index in [-0.39, 0.29) is 5.91 Å². The van der Waals surface area contributed by atoms with Crippen molar-refractivity contribution in [1.29, 1.82) is 0 Å². The SMILES string of the molecule is CS(=O)CCCNC(=O)CCCN. The second-order valence-corrected chi connectivity index (χ2v) is 4.43. The standard InChI is InChI=1S/C8H18N2O2S/c1-13(12)7-3-6-10-8(11)4-2-5-9/h2-7,9H2,1H3,(H,10,11). The molecule has 1 unspecified atom stereocenters. The molecule has 0 spiro atoms. The molecule has 1 amide bonds. The van der Waals surface area contributed by atoms with E-state index >= 15 is 0 Å².